The third-order valence-corrected chi connectivity index (χ3v) is 6.15. The highest BCUT2D eigenvalue weighted by molar-refractivity contribution is 5.90. The Morgan fingerprint density at radius 1 is 0.848 bits per heavy atom. The molecule has 0 saturated heterocycles. The molecule has 1 aliphatic rings. The molecule has 0 heterocycles. The molecular formula is C28H25F3O2. The smallest absolute Gasteiger partial charge is 0.338 e. The van der Waals surface area contributed by atoms with Crippen LogP contribution in [-0.4, -0.2) is 12.1 Å². The van der Waals surface area contributed by atoms with Crippen molar-refractivity contribution in [3.8, 4) is 22.3 Å². The quantitative estimate of drug-likeness (QED) is 0.371. The molecule has 170 valence electrons. The first-order chi connectivity index (χ1) is 15.9. The summed E-state index contributed by atoms with van der Waals surface area (Å²) < 4.78 is 49.2. The monoisotopic (exact) mass is 450 g/mol. The summed E-state index contributed by atoms with van der Waals surface area (Å²) in [6.45, 7) is 3.92. The Bertz CT molecular complexity index is 1180. The second-order valence-corrected chi connectivity index (χ2v) is 8.42. The molecule has 0 radical (unpaired) electrons. The number of carbonyl (C=O) groups is 1. The zero-order valence-electron chi connectivity index (χ0n) is 18.6. The summed E-state index contributed by atoms with van der Waals surface area (Å²) in [7, 11) is 0. The Morgan fingerprint density at radius 2 is 1.39 bits per heavy atom. The van der Waals surface area contributed by atoms with Gasteiger partial charge in [-0.15, -0.1) is 0 Å². The third-order valence-electron chi connectivity index (χ3n) is 6.15. The normalized spacial score (nSPS) is 18.0. The van der Waals surface area contributed by atoms with Gasteiger partial charge in [0.05, 0.1) is 5.56 Å². The van der Waals surface area contributed by atoms with Crippen LogP contribution in [0.15, 0.2) is 72.6 Å². The third kappa shape index (κ3) is 4.87. The summed E-state index contributed by atoms with van der Waals surface area (Å²) in [5.74, 6) is -2.77. The van der Waals surface area contributed by atoms with E-state index in [1.807, 2.05) is 26.0 Å². The van der Waals surface area contributed by atoms with Crippen molar-refractivity contribution in [3.63, 3.8) is 0 Å². The second-order valence-electron chi connectivity index (χ2n) is 8.42. The van der Waals surface area contributed by atoms with Gasteiger partial charge in [-0.1, -0.05) is 61.0 Å². The summed E-state index contributed by atoms with van der Waals surface area (Å²) >= 11 is 0. The fraction of sp³-hybridized carbons (Fsp3) is 0.250. The largest absolute Gasteiger partial charge is 0.451 e. The predicted octanol–water partition coefficient (Wildman–Crippen LogP) is 7.81. The van der Waals surface area contributed by atoms with Crippen molar-refractivity contribution in [2.75, 3.05) is 0 Å². The first kappa shape index (κ1) is 22.8. The highest BCUT2D eigenvalue weighted by Crippen LogP contribution is 2.32. The van der Waals surface area contributed by atoms with Gasteiger partial charge in [-0.05, 0) is 61.4 Å². The Hall–Kier alpha value is -3.34. The van der Waals surface area contributed by atoms with E-state index in [9.17, 15) is 18.0 Å². The summed E-state index contributed by atoms with van der Waals surface area (Å²) in [5.41, 5.74) is 2.55. The van der Waals surface area contributed by atoms with Crippen LogP contribution in [0.3, 0.4) is 0 Å². The van der Waals surface area contributed by atoms with Crippen LogP contribution >= 0.6 is 0 Å². The maximum atomic E-state index is 14.9. The van der Waals surface area contributed by atoms with Gasteiger partial charge in [0.2, 0.25) is 0 Å². The average Bonchev–Trinajstić information content (AvgIpc) is 2.83. The Morgan fingerprint density at radius 3 is 1.91 bits per heavy atom. The van der Waals surface area contributed by atoms with Crippen molar-refractivity contribution >= 4 is 5.97 Å². The molecular weight excluding hydrogens is 425 g/mol. The molecule has 2 atom stereocenters. The SMILES string of the molecule is CCC1C=C(F)C(OC(=O)c2ccc(-c3ccc(-c4ccc(C)cc4)c(F)c3F)cc2)CC1. The van der Waals surface area contributed by atoms with Gasteiger partial charge in [-0.25, -0.2) is 18.0 Å². The topological polar surface area (TPSA) is 26.3 Å². The van der Waals surface area contributed by atoms with Gasteiger partial charge in [-0.2, -0.15) is 0 Å². The fourth-order valence-electron chi connectivity index (χ4n) is 4.07. The van der Waals surface area contributed by atoms with E-state index < -0.39 is 29.5 Å². The van der Waals surface area contributed by atoms with Gasteiger partial charge in [-0.3, -0.25) is 0 Å². The number of ether oxygens (including phenoxy) is 1. The molecule has 0 bridgehead atoms. The molecule has 3 aromatic carbocycles. The second kappa shape index (κ2) is 9.65. The zero-order valence-corrected chi connectivity index (χ0v) is 18.6. The van der Waals surface area contributed by atoms with E-state index in [4.69, 9.17) is 4.74 Å². The van der Waals surface area contributed by atoms with Crippen LogP contribution < -0.4 is 0 Å². The minimum absolute atomic E-state index is 0.0927. The zero-order chi connectivity index (χ0) is 23.5. The van der Waals surface area contributed by atoms with E-state index in [0.717, 1.165) is 18.4 Å². The highest BCUT2D eigenvalue weighted by atomic mass is 19.2. The van der Waals surface area contributed by atoms with Gasteiger partial charge in [0.15, 0.2) is 17.7 Å². The van der Waals surface area contributed by atoms with Crippen LogP contribution in [0, 0.1) is 24.5 Å². The number of hydrogen-bond donors (Lipinski definition) is 0. The van der Waals surface area contributed by atoms with Crippen molar-refractivity contribution < 1.29 is 22.7 Å². The lowest BCUT2D eigenvalue weighted by Gasteiger charge is -2.24. The maximum Gasteiger partial charge on any atom is 0.338 e. The van der Waals surface area contributed by atoms with E-state index in [1.165, 1.54) is 36.4 Å². The lowest BCUT2D eigenvalue weighted by atomic mass is 9.91. The molecule has 0 aliphatic heterocycles. The van der Waals surface area contributed by atoms with E-state index in [0.29, 0.717) is 17.5 Å². The number of esters is 1. The van der Waals surface area contributed by atoms with Crippen molar-refractivity contribution in [3.05, 3.63) is 95.3 Å². The molecule has 1 aliphatic carbocycles. The van der Waals surface area contributed by atoms with Gasteiger partial charge in [0, 0.05) is 11.1 Å². The highest BCUT2D eigenvalue weighted by Gasteiger charge is 2.26. The molecule has 2 nitrogen and oxygen atoms in total. The number of hydrogen-bond acceptors (Lipinski definition) is 2. The Balaban J connectivity index is 1.52. The van der Waals surface area contributed by atoms with Crippen LogP contribution in [-0.2, 0) is 4.74 Å². The standard InChI is InChI=1S/C28H25F3O2/c1-3-18-6-15-25(24(29)16-18)33-28(32)21-11-9-20(10-12-21)23-14-13-22(26(30)27(23)31)19-7-4-17(2)5-8-19/h4-5,7-14,16,18,25H,3,6,15H2,1-2H3. The molecule has 0 fully saturated rings. The van der Waals surface area contributed by atoms with E-state index in [2.05, 4.69) is 0 Å². The Labute approximate surface area is 191 Å². The molecule has 4 rings (SSSR count). The van der Waals surface area contributed by atoms with Gasteiger partial charge in [0.1, 0.15) is 5.83 Å². The molecule has 0 aromatic heterocycles. The first-order valence-corrected chi connectivity index (χ1v) is 11.1. The lowest BCUT2D eigenvalue weighted by Crippen LogP contribution is -2.23. The molecule has 2 unspecified atom stereocenters. The molecule has 33 heavy (non-hydrogen) atoms. The van der Waals surface area contributed by atoms with Gasteiger partial charge in [0.25, 0.3) is 0 Å². The average molecular weight is 451 g/mol. The maximum absolute atomic E-state index is 14.9. The van der Waals surface area contributed by atoms with Gasteiger partial charge >= 0.3 is 5.97 Å². The molecule has 0 amide bonds. The molecule has 0 N–H and O–H groups in total. The summed E-state index contributed by atoms with van der Waals surface area (Å²) in [4.78, 5) is 12.5. The minimum Gasteiger partial charge on any atom is -0.451 e. The van der Waals surface area contributed by atoms with Gasteiger partial charge < -0.3 is 4.74 Å². The molecule has 3 aromatic rings. The van der Waals surface area contributed by atoms with Crippen molar-refractivity contribution in [1.82, 2.24) is 0 Å². The number of halogens is 3. The number of aryl methyl sites for hydroxylation is 1. The summed E-state index contributed by atoms with van der Waals surface area (Å²) in [5, 5.41) is 0. The van der Waals surface area contributed by atoms with Crippen molar-refractivity contribution in [2.45, 2.75) is 39.2 Å². The van der Waals surface area contributed by atoms with Crippen LogP contribution in [0.25, 0.3) is 22.3 Å². The first-order valence-electron chi connectivity index (χ1n) is 11.1. The lowest BCUT2D eigenvalue weighted by molar-refractivity contribution is 0.0283. The fourth-order valence-corrected chi connectivity index (χ4v) is 4.07. The summed E-state index contributed by atoms with van der Waals surface area (Å²) in [6.07, 6.45) is 2.72. The van der Waals surface area contributed by atoms with E-state index in [1.54, 1.807) is 18.2 Å². The molecule has 0 saturated carbocycles. The molecule has 5 heteroatoms. The van der Waals surface area contributed by atoms with Crippen LogP contribution in [0.2, 0.25) is 0 Å². The van der Waals surface area contributed by atoms with E-state index >= 15 is 0 Å². The number of carbonyl (C=O) groups excluding carboxylic acids is 1. The number of benzene rings is 3. The van der Waals surface area contributed by atoms with Crippen LogP contribution in [0.4, 0.5) is 13.2 Å². The Kier molecular flexibility index (Phi) is 6.68. The molecule has 0 spiro atoms. The van der Waals surface area contributed by atoms with Crippen molar-refractivity contribution in [2.24, 2.45) is 5.92 Å². The predicted molar refractivity (Wildman–Crippen MR) is 123 cm³/mol. The van der Waals surface area contributed by atoms with Crippen molar-refractivity contribution in [1.29, 1.82) is 0 Å². The van der Waals surface area contributed by atoms with Crippen LogP contribution in [0.1, 0.15) is 42.1 Å². The number of rotatable bonds is 5. The number of allylic oxidation sites excluding steroid dienone is 1. The van der Waals surface area contributed by atoms with E-state index in [-0.39, 0.29) is 22.6 Å². The van der Waals surface area contributed by atoms with Crippen LogP contribution in [0.5, 0.6) is 0 Å². The summed E-state index contributed by atoms with van der Waals surface area (Å²) in [6, 6.07) is 16.3. The minimum atomic E-state index is -0.955.